The predicted octanol–water partition coefficient (Wildman–Crippen LogP) is 4.60. The molecule has 0 saturated carbocycles. The lowest BCUT2D eigenvalue weighted by molar-refractivity contribution is -0.111. The Labute approximate surface area is 124 Å². The second-order valence-corrected chi connectivity index (χ2v) is 5.12. The van der Waals surface area contributed by atoms with Crippen molar-refractivity contribution in [3.05, 3.63) is 71.6 Å². The van der Waals surface area contributed by atoms with Crippen molar-refractivity contribution < 1.29 is 9.18 Å². The molecule has 2 aromatic carbocycles. The quantitative estimate of drug-likeness (QED) is 0.816. The first-order chi connectivity index (χ1) is 10.1. The van der Waals surface area contributed by atoms with Crippen LogP contribution in [0.1, 0.15) is 30.9 Å². The van der Waals surface area contributed by atoms with Gasteiger partial charge >= 0.3 is 0 Å². The van der Waals surface area contributed by atoms with Crippen LogP contribution in [0.15, 0.2) is 54.6 Å². The number of carbonyl (C=O) groups excluding carboxylic acids is 1. The zero-order valence-corrected chi connectivity index (χ0v) is 12.1. The molecule has 0 radical (unpaired) electrons. The Balaban J connectivity index is 2.00. The summed E-state index contributed by atoms with van der Waals surface area (Å²) in [5.41, 5.74) is 2.33. The van der Waals surface area contributed by atoms with Gasteiger partial charge in [0.05, 0.1) is 0 Å². The fourth-order valence-electron chi connectivity index (χ4n) is 1.91. The minimum Gasteiger partial charge on any atom is -0.323 e. The van der Waals surface area contributed by atoms with Crippen LogP contribution in [0.4, 0.5) is 10.1 Å². The van der Waals surface area contributed by atoms with Gasteiger partial charge in [0.25, 0.3) is 0 Å². The molecule has 0 spiro atoms. The first kappa shape index (κ1) is 15.0. The highest BCUT2D eigenvalue weighted by molar-refractivity contribution is 6.01. The van der Waals surface area contributed by atoms with Crippen LogP contribution in [0.25, 0.3) is 6.08 Å². The van der Waals surface area contributed by atoms with Gasteiger partial charge in [-0.2, -0.15) is 0 Å². The lowest BCUT2D eigenvalue weighted by Gasteiger charge is -2.07. The highest BCUT2D eigenvalue weighted by Crippen LogP contribution is 2.17. The Morgan fingerprint density at radius 2 is 1.76 bits per heavy atom. The Bertz CT molecular complexity index is 645. The minimum absolute atomic E-state index is 0.282. The second kappa shape index (κ2) is 6.84. The highest BCUT2D eigenvalue weighted by Gasteiger charge is 2.02. The first-order valence-electron chi connectivity index (χ1n) is 6.90. The SMILES string of the molecule is CC(C)c1ccc(NC(=O)/C=C/c2ccccc2F)cc1. The zero-order chi connectivity index (χ0) is 15.2. The maximum atomic E-state index is 13.4. The molecule has 0 aliphatic heterocycles. The van der Waals surface area contributed by atoms with E-state index >= 15 is 0 Å². The van der Waals surface area contributed by atoms with Crippen molar-refractivity contribution in [3.63, 3.8) is 0 Å². The largest absolute Gasteiger partial charge is 0.323 e. The van der Waals surface area contributed by atoms with Crippen LogP contribution in [0.2, 0.25) is 0 Å². The van der Waals surface area contributed by atoms with Crippen LogP contribution >= 0.6 is 0 Å². The van der Waals surface area contributed by atoms with Gasteiger partial charge in [0.2, 0.25) is 5.91 Å². The molecule has 0 aromatic heterocycles. The molecular weight excluding hydrogens is 265 g/mol. The molecule has 2 nitrogen and oxygen atoms in total. The van der Waals surface area contributed by atoms with Gasteiger partial charge in [-0.25, -0.2) is 4.39 Å². The number of amides is 1. The maximum absolute atomic E-state index is 13.4. The maximum Gasteiger partial charge on any atom is 0.248 e. The van der Waals surface area contributed by atoms with Crippen molar-refractivity contribution in [1.82, 2.24) is 0 Å². The molecule has 1 N–H and O–H groups in total. The smallest absolute Gasteiger partial charge is 0.248 e. The van der Waals surface area contributed by atoms with Gasteiger partial charge in [0.15, 0.2) is 0 Å². The number of rotatable bonds is 4. The number of halogens is 1. The van der Waals surface area contributed by atoms with Gasteiger partial charge in [-0.3, -0.25) is 4.79 Å². The molecule has 0 aliphatic rings. The van der Waals surface area contributed by atoms with E-state index in [1.54, 1.807) is 18.2 Å². The lowest BCUT2D eigenvalue weighted by atomic mass is 10.0. The normalized spacial score (nSPS) is 11.0. The molecule has 0 aliphatic carbocycles. The number of carbonyl (C=O) groups is 1. The third-order valence-electron chi connectivity index (χ3n) is 3.16. The van der Waals surface area contributed by atoms with E-state index in [-0.39, 0.29) is 11.7 Å². The molecule has 0 unspecified atom stereocenters. The molecule has 0 fully saturated rings. The van der Waals surface area contributed by atoms with E-state index in [4.69, 9.17) is 0 Å². The number of benzene rings is 2. The standard InChI is InChI=1S/C18H18FNO/c1-13(2)14-7-10-16(11-8-14)20-18(21)12-9-15-5-3-4-6-17(15)19/h3-13H,1-2H3,(H,20,21)/b12-9+. The third kappa shape index (κ3) is 4.28. The molecule has 21 heavy (non-hydrogen) atoms. The van der Waals surface area contributed by atoms with E-state index in [0.29, 0.717) is 11.5 Å². The van der Waals surface area contributed by atoms with Crippen molar-refractivity contribution >= 4 is 17.7 Å². The van der Waals surface area contributed by atoms with Crippen LogP contribution in [-0.2, 0) is 4.79 Å². The van der Waals surface area contributed by atoms with E-state index < -0.39 is 0 Å². The van der Waals surface area contributed by atoms with E-state index in [1.165, 1.54) is 23.8 Å². The third-order valence-corrected chi connectivity index (χ3v) is 3.16. The summed E-state index contributed by atoms with van der Waals surface area (Å²) in [7, 11) is 0. The molecular formula is C18H18FNO. The summed E-state index contributed by atoms with van der Waals surface area (Å²) in [5, 5.41) is 2.75. The van der Waals surface area contributed by atoms with Gasteiger partial charge in [-0.15, -0.1) is 0 Å². The molecule has 0 atom stereocenters. The fourth-order valence-corrected chi connectivity index (χ4v) is 1.91. The van der Waals surface area contributed by atoms with E-state index in [9.17, 15) is 9.18 Å². The summed E-state index contributed by atoms with van der Waals surface area (Å²) >= 11 is 0. The summed E-state index contributed by atoms with van der Waals surface area (Å²) in [6.45, 7) is 4.23. The Morgan fingerprint density at radius 3 is 2.38 bits per heavy atom. The van der Waals surface area contributed by atoms with Crippen LogP contribution in [-0.4, -0.2) is 5.91 Å². The molecule has 108 valence electrons. The molecule has 3 heteroatoms. The predicted molar refractivity (Wildman–Crippen MR) is 84.6 cm³/mol. The van der Waals surface area contributed by atoms with E-state index in [2.05, 4.69) is 19.2 Å². The van der Waals surface area contributed by atoms with Crippen molar-refractivity contribution in [1.29, 1.82) is 0 Å². The van der Waals surface area contributed by atoms with Crippen molar-refractivity contribution in [2.75, 3.05) is 5.32 Å². The monoisotopic (exact) mass is 283 g/mol. The van der Waals surface area contributed by atoms with Crippen LogP contribution in [0, 0.1) is 5.82 Å². The first-order valence-corrected chi connectivity index (χ1v) is 6.90. The van der Waals surface area contributed by atoms with Crippen LogP contribution < -0.4 is 5.32 Å². The summed E-state index contributed by atoms with van der Waals surface area (Å²) in [6.07, 6.45) is 2.79. The number of anilines is 1. The lowest BCUT2D eigenvalue weighted by Crippen LogP contribution is -2.07. The summed E-state index contributed by atoms with van der Waals surface area (Å²) in [4.78, 5) is 11.8. The van der Waals surface area contributed by atoms with Crippen molar-refractivity contribution in [3.8, 4) is 0 Å². The average Bonchev–Trinajstić information content (AvgIpc) is 2.47. The number of hydrogen-bond acceptors (Lipinski definition) is 1. The summed E-state index contributed by atoms with van der Waals surface area (Å²) in [5.74, 6) is -0.172. The van der Waals surface area contributed by atoms with Gasteiger partial charge in [0.1, 0.15) is 5.82 Å². The van der Waals surface area contributed by atoms with Gasteiger partial charge in [-0.1, -0.05) is 44.2 Å². The van der Waals surface area contributed by atoms with Crippen molar-refractivity contribution in [2.45, 2.75) is 19.8 Å². The molecule has 1 amide bonds. The molecule has 2 aromatic rings. The number of nitrogens with one attached hydrogen (secondary N) is 1. The molecule has 0 bridgehead atoms. The van der Waals surface area contributed by atoms with Gasteiger partial charge < -0.3 is 5.32 Å². The molecule has 0 saturated heterocycles. The number of hydrogen-bond donors (Lipinski definition) is 1. The molecule has 0 heterocycles. The summed E-state index contributed by atoms with van der Waals surface area (Å²) in [6, 6.07) is 14.0. The van der Waals surface area contributed by atoms with E-state index in [1.807, 2.05) is 24.3 Å². The zero-order valence-electron chi connectivity index (χ0n) is 12.1. The average molecular weight is 283 g/mol. The van der Waals surface area contributed by atoms with Gasteiger partial charge in [0, 0.05) is 17.3 Å². The van der Waals surface area contributed by atoms with Crippen LogP contribution in [0.3, 0.4) is 0 Å². The highest BCUT2D eigenvalue weighted by atomic mass is 19.1. The Morgan fingerprint density at radius 1 is 1.10 bits per heavy atom. The van der Waals surface area contributed by atoms with Crippen LogP contribution in [0.5, 0.6) is 0 Å². The summed E-state index contributed by atoms with van der Waals surface area (Å²) < 4.78 is 13.4. The van der Waals surface area contributed by atoms with Crippen molar-refractivity contribution in [2.24, 2.45) is 0 Å². The molecule has 2 rings (SSSR count). The Kier molecular flexibility index (Phi) is 4.88. The topological polar surface area (TPSA) is 29.1 Å². The minimum atomic E-state index is -0.345. The van der Waals surface area contributed by atoms with E-state index in [0.717, 1.165) is 5.69 Å². The second-order valence-electron chi connectivity index (χ2n) is 5.12. The van der Waals surface area contributed by atoms with Gasteiger partial charge in [-0.05, 0) is 35.8 Å². The Hall–Kier alpha value is -2.42. The fraction of sp³-hybridized carbons (Fsp3) is 0.167.